The van der Waals surface area contributed by atoms with Crippen LogP contribution in [0.4, 0.5) is 0 Å². The Morgan fingerprint density at radius 3 is 2.37 bits per heavy atom. The van der Waals surface area contributed by atoms with Crippen molar-refractivity contribution in [3.8, 4) is 16.9 Å². The Morgan fingerprint density at radius 1 is 0.842 bits per heavy atom. The second-order valence-electron chi connectivity index (χ2n) is 4.57. The van der Waals surface area contributed by atoms with E-state index in [1.54, 1.807) is 12.1 Å². The molecule has 0 aliphatic heterocycles. The first kappa shape index (κ1) is 11.8. The molecule has 0 unspecified atom stereocenters. The van der Waals surface area contributed by atoms with Gasteiger partial charge in [-0.25, -0.2) is 0 Å². The fourth-order valence-electron chi connectivity index (χ4n) is 2.37. The maximum atomic E-state index is 9.59. The zero-order chi connectivity index (χ0) is 13.2. The van der Waals surface area contributed by atoms with Gasteiger partial charge in [-0.15, -0.1) is 0 Å². The van der Waals surface area contributed by atoms with Crippen molar-refractivity contribution in [2.24, 2.45) is 0 Å². The van der Waals surface area contributed by atoms with Gasteiger partial charge in [0.25, 0.3) is 0 Å². The first-order valence-corrected chi connectivity index (χ1v) is 6.20. The van der Waals surface area contributed by atoms with Gasteiger partial charge in [0.1, 0.15) is 5.75 Å². The van der Waals surface area contributed by atoms with Gasteiger partial charge in [0.05, 0.1) is 6.61 Å². The molecule has 0 saturated heterocycles. The summed E-state index contributed by atoms with van der Waals surface area (Å²) in [6, 6.07) is 19.3. The highest BCUT2D eigenvalue weighted by atomic mass is 16.3. The molecule has 94 valence electrons. The smallest absolute Gasteiger partial charge is 0.116 e. The largest absolute Gasteiger partial charge is 0.508 e. The minimum atomic E-state index is -0.00850. The summed E-state index contributed by atoms with van der Waals surface area (Å²) < 4.78 is 0. The summed E-state index contributed by atoms with van der Waals surface area (Å²) in [6.45, 7) is -0.00850. The molecule has 2 nitrogen and oxygen atoms in total. The Morgan fingerprint density at radius 2 is 1.63 bits per heavy atom. The normalized spacial score (nSPS) is 10.8. The first-order chi connectivity index (χ1) is 9.28. The SMILES string of the molecule is OCc1cc(-c2ccccc2)c2ccc(O)cc2c1. The van der Waals surface area contributed by atoms with Crippen molar-refractivity contribution < 1.29 is 10.2 Å². The minimum absolute atomic E-state index is 0.00850. The topological polar surface area (TPSA) is 40.5 Å². The van der Waals surface area contributed by atoms with Crippen LogP contribution in [-0.2, 0) is 6.61 Å². The molecular formula is C17H14O2. The summed E-state index contributed by atoms with van der Waals surface area (Å²) >= 11 is 0. The van der Waals surface area contributed by atoms with E-state index in [2.05, 4.69) is 0 Å². The van der Waals surface area contributed by atoms with E-state index >= 15 is 0 Å². The van der Waals surface area contributed by atoms with Gasteiger partial charge in [-0.2, -0.15) is 0 Å². The third-order valence-corrected chi connectivity index (χ3v) is 3.26. The predicted octanol–water partition coefficient (Wildman–Crippen LogP) is 3.70. The molecule has 2 heteroatoms. The average molecular weight is 250 g/mol. The molecule has 0 aromatic heterocycles. The van der Waals surface area contributed by atoms with Gasteiger partial charge in [-0.3, -0.25) is 0 Å². The summed E-state index contributed by atoms with van der Waals surface area (Å²) in [5.41, 5.74) is 3.02. The fourth-order valence-corrected chi connectivity index (χ4v) is 2.37. The molecule has 0 amide bonds. The third kappa shape index (κ3) is 2.18. The van der Waals surface area contributed by atoms with E-state index in [0.717, 1.165) is 27.5 Å². The molecule has 0 spiro atoms. The lowest BCUT2D eigenvalue weighted by Crippen LogP contribution is -1.88. The van der Waals surface area contributed by atoms with Crippen molar-refractivity contribution in [1.82, 2.24) is 0 Å². The van der Waals surface area contributed by atoms with E-state index in [0.29, 0.717) is 0 Å². The Hall–Kier alpha value is -2.32. The molecule has 0 fully saturated rings. The highest BCUT2D eigenvalue weighted by Gasteiger charge is 2.06. The number of benzene rings is 3. The molecule has 2 N–H and O–H groups in total. The summed E-state index contributed by atoms with van der Waals surface area (Å²) in [6.07, 6.45) is 0. The van der Waals surface area contributed by atoms with Gasteiger partial charge in [0.2, 0.25) is 0 Å². The lowest BCUT2D eigenvalue weighted by molar-refractivity contribution is 0.282. The number of aromatic hydroxyl groups is 1. The number of fused-ring (bicyclic) bond motifs is 1. The minimum Gasteiger partial charge on any atom is -0.508 e. The number of hydrogen-bond acceptors (Lipinski definition) is 2. The molecule has 3 rings (SSSR count). The van der Waals surface area contributed by atoms with Crippen LogP contribution >= 0.6 is 0 Å². The van der Waals surface area contributed by atoms with E-state index < -0.39 is 0 Å². The van der Waals surface area contributed by atoms with Crippen molar-refractivity contribution >= 4 is 10.8 Å². The molecule has 0 heterocycles. The quantitative estimate of drug-likeness (QED) is 0.728. The van der Waals surface area contributed by atoms with Crippen LogP contribution in [0.25, 0.3) is 21.9 Å². The number of aliphatic hydroxyl groups excluding tert-OH is 1. The van der Waals surface area contributed by atoms with E-state index in [4.69, 9.17) is 0 Å². The van der Waals surface area contributed by atoms with Crippen LogP contribution in [0, 0.1) is 0 Å². The molecule has 0 atom stereocenters. The number of phenolic OH excluding ortho intramolecular Hbond substituents is 1. The number of rotatable bonds is 2. The van der Waals surface area contributed by atoms with Crippen molar-refractivity contribution in [3.63, 3.8) is 0 Å². The lowest BCUT2D eigenvalue weighted by Gasteiger charge is -2.10. The summed E-state index contributed by atoms with van der Waals surface area (Å²) in [5, 5.41) is 21.0. The van der Waals surface area contributed by atoms with Gasteiger partial charge in [-0.1, -0.05) is 36.4 Å². The van der Waals surface area contributed by atoms with Crippen LogP contribution in [0.1, 0.15) is 5.56 Å². The molecule has 0 aliphatic rings. The monoisotopic (exact) mass is 250 g/mol. The zero-order valence-corrected chi connectivity index (χ0v) is 10.4. The van der Waals surface area contributed by atoms with Gasteiger partial charge in [0.15, 0.2) is 0 Å². The van der Waals surface area contributed by atoms with E-state index in [1.807, 2.05) is 48.5 Å². The summed E-state index contributed by atoms with van der Waals surface area (Å²) in [4.78, 5) is 0. The Labute approximate surface area is 111 Å². The van der Waals surface area contributed by atoms with Crippen LogP contribution in [0.5, 0.6) is 5.75 Å². The molecule has 3 aromatic carbocycles. The van der Waals surface area contributed by atoms with Crippen LogP contribution in [-0.4, -0.2) is 10.2 Å². The van der Waals surface area contributed by atoms with Crippen molar-refractivity contribution in [1.29, 1.82) is 0 Å². The van der Waals surface area contributed by atoms with Gasteiger partial charge in [0, 0.05) is 0 Å². The maximum Gasteiger partial charge on any atom is 0.116 e. The van der Waals surface area contributed by atoms with Crippen molar-refractivity contribution in [2.75, 3.05) is 0 Å². The third-order valence-electron chi connectivity index (χ3n) is 3.26. The number of phenols is 1. The van der Waals surface area contributed by atoms with E-state index in [9.17, 15) is 10.2 Å². The molecule has 3 aromatic rings. The summed E-state index contributed by atoms with van der Waals surface area (Å²) in [5.74, 6) is 0.238. The maximum absolute atomic E-state index is 9.59. The van der Waals surface area contributed by atoms with Crippen LogP contribution in [0.2, 0.25) is 0 Å². The zero-order valence-electron chi connectivity index (χ0n) is 10.4. The Kier molecular flexibility index (Phi) is 2.94. The molecular weight excluding hydrogens is 236 g/mol. The first-order valence-electron chi connectivity index (χ1n) is 6.20. The fraction of sp³-hybridized carbons (Fsp3) is 0.0588. The van der Waals surface area contributed by atoms with Gasteiger partial charge < -0.3 is 10.2 Å². The molecule has 0 saturated carbocycles. The second-order valence-corrected chi connectivity index (χ2v) is 4.57. The molecule has 19 heavy (non-hydrogen) atoms. The lowest BCUT2D eigenvalue weighted by atomic mass is 9.95. The van der Waals surface area contributed by atoms with Gasteiger partial charge in [-0.05, 0) is 51.7 Å². The Bertz CT molecular complexity index is 718. The standard InChI is InChI=1S/C17H14O2/c18-11-12-8-14-10-15(19)6-7-16(14)17(9-12)13-4-2-1-3-5-13/h1-10,18-19H,11H2. The van der Waals surface area contributed by atoms with Gasteiger partial charge >= 0.3 is 0 Å². The molecule has 0 aliphatic carbocycles. The molecule has 0 bridgehead atoms. The summed E-state index contributed by atoms with van der Waals surface area (Å²) in [7, 11) is 0. The van der Waals surface area contributed by atoms with Crippen molar-refractivity contribution in [2.45, 2.75) is 6.61 Å². The van der Waals surface area contributed by atoms with Crippen LogP contribution in [0.15, 0.2) is 60.7 Å². The average Bonchev–Trinajstić information content (AvgIpc) is 2.46. The Balaban J connectivity index is 2.33. The number of aliphatic hydroxyl groups is 1. The van der Waals surface area contributed by atoms with Crippen molar-refractivity contribution in [3.05, 3.63) is 66.2 Å². The highest BCUT2D eigenvalue weighted by Crippen LogP contribution is 2.32. The van der Waals surface area contributed by atoms with Crippen LogP contribution in [0.3, 0.4) is 0 Å². The molecule has 0 radical (unpaired) electrons. The van der Waals surface area contributed by atoms with E-state index in [-0.39, 0.29) is 12.4 Å². The highest BCUT2D eigenvalue weighted by molar-refractivity contribution is 5.97. The van der Waals surface area contributed by atoms with Crippen LogP contribution < -0.4 is 0 Å². The van der Waals surface area contributed by atoms with E-state index in [1.165, 1.54) is 0 Å². The second kappa shape index (κ2) is 4.75. The number of hydrogen-bond donors (Lipinski definition) is 2. The predicted molar refractivity (Wildman–Crippen MR) is 77.0 cm³/mol.